The van der Waals surface area contributed by atoms with Crippen LogP contribution in [0.4, 0.5) is 11.9 Å². The van der Waals surface area contributed by atoms with E-state index in [1.807, 2.05) is 67.8 Å². The predicted octanol–water partition coefficient (Wildman–Crippen LogP) is 1.17. The third-order valence-electron chi connectivity index (χ3n) is 13.6. The van der Waals surface area contributed by atoms with Gasteiger partial charge in [-0.05, 0) is 91.6 Å². The smallest absolute Gasteiger partial charge is 0.870 e. The molecule has 6 heterocycles. The van der Waals surface area contributed by atoms with Gasteiger partial charge in [-0.25, -0.2) is 9.59 Å². The summed E-state index contributed by atoms with van der Waals surface area (Å²) in [5.74, 6) is -0.508. The van der Waals surface area contributed by atoms with E-state index in [4.69, 9.17) is 4.74 Å². The minimum Gasteiger partial charge on any atom is -0.870 e. The fraction of sp³-hybridized carbons (Fsp3) is 0.417. The number of esters is 1. The van der Waals surface area contributed by atoms with Crippen molar-refractivity contribution in [3.8, 4) is 0 Å². The summed E-state index contributed by atoms with van der Waals surface area (Å²) in [5, 5.41) is 18.2. The normalized spacial score (nSPS) is 17.7. The Hall–Kier alpha value is -7.12. The van der Waals surface area contributed by atoms with Gasteiger partial charge >= 0.3 is 42.2 Å². The van der Waals surface area contributed by atoms with E-state index in [9.17, 15) is 33.9 Å². The number of nitrogens with zero attached hydrogens (tertiary/aromatic N) is 8. The number of imidazole rings is 2. The predicted molar refractivity (Wildman–Crippen MR) is 262 cm³/mol. The summed E-state index contributed by atoms with van der Waals surface area (Å²) < 4.78 is 13.8. The van der Waals surface area contributed by atoms with E-state index in [1.54, 1.807) is 37.3 Å². The number of carboxylic acid groups (broad SMARTS) is 1. The van der Waals surface area contributed by atoms with E-state index < -0.39 is 22.9 Å². The summed E-state index contributed by atoms with van der Waals surface area (Å²) in [6.07, 6.45) is 9.78. The Morgan fingerprint density at radius 2 is 1.10 bits per heavy atom. The van der Waals surface area contributed by atoms with Gasteiger partial charge in [0.25, 0.3) is 11.1 Å². The van der Waals surface area contributed by atoms with Crippen LogP contribution < -0.4 is 52.0 Å². The molecule has 372 valence electrons. The standard InChI is InChI=1S/C25H30N6O4.C23H26N6O4.Li.2H2O/c1-4-35-23(33)17-6-5-7-18(13-17)27-24-28-21-20(29(24)2)22(32)31(25(34)30(21)3)14-15-8-9-16-10-11-26-19(16)12-15;1-27-18-19(26-22(27)25-16-5-3-4-15(11-16)21(31)32)28(2)23(33)29(20(18)30)12-13-6-7-14-8-9-24-17(14)10-13;;;/h8-12,17-18,26H,4-7,13-14H2,1-3H3,(H,27,28);6-10,15-16,24H,3-5,11-12H2,1-2H3,(H,25,26)(H,31,32);;2*1H2/q;;+1;;/p-2. The van der Waals surface area contributed by atoms with E-state index >= 15 is 0 Å². The molecule has 7 N–H and O–H groups in total. The van der Waals surface area contributed by atoms with Crippen molar-refractivity contribution in [3.05, 3.63) is 114 Å². The van der Waals surface area contributed by atoms with Crippen LogP contribution in [-0.2, 0) is 55.6 Å². The summed E-state index contributed by atoms with van der Waals surface area (Å²) in [6.45, 7) is 2.49. The van der Waals surface area contributed by atoms with Gasteiger partial charge in [-0.3, -0.25) is 37.4 Å². The average molecular weight is 970 g/mol. The molecule has 2 aliphatic rings. The number of hydrogen-bond donors (Lipinski definition) is 5. The molecule has 0 saturated heterocycles. The maximum Gasteiger partial charge on any atom is 1.00 e. The number of aromatic amines is 2. The Kier molecular flexibility index (Phi) is 16.4. The summed E-state index contributed by atoms with van der Waals surface area (Å²) in [5.41, 5.74) is 3.26. The Bertz CT molecular complexity index is 3480. The molecule has 0 amide bonds. The maximum absolute atomic E-state index is 13.5. The number of aryl methyl sites for hydroxylation is 4. The number of aromatic nitrogens is 10. The monoisotopic (exact) mass is 969 g/mol. The van der Waals surface area contributed by atoms with Crippen LogP contribution >= 0.6 is 0 Å². The van der Waals surface area contributed by atoms with Crippen molar-refractivity contribution in [2.75, 3.05) is 17.2 Å². The number of fused-ring (bicyclic) bond motifs is 4. The summed E-state index contributed by atoms with van der Waals surface area (Å²) in [7, 11) is 6.73. The number of carbonyl (C=O) groups is 2. The van der Waals surface area contributed by atoms with E-state index in [0.29, 0.717) is 60.1 Å². The molecule has 22 nitrogen and oxygen atoms in total. The topological polar surface area (TPSA) is 303 Å². The third-order valence-corrected chi connectivity index (χ3v) is 13.6. The molecule has 2 aliphatic carbocycles. The number of rotatable bonds is 11. The SMILES string of the molecule is CCOC(=O)C1CCCC(Nc2nc3c(c(=O)n(Cc4ccc5cc[nH]c5c4)c(=O)n3C)n2C)C1.Cn1c(NC2CCCC(C(=O)O)C2)nc2c1c(=O)n(Cc1ccc3cc[nH]c3c1)c(=O)n2C.[Li+].[OH-].[OH-]. The van der Waals surface area contributed by atoms with E-state index in [0.717, 1.165) is 65.0 Å². The van der Waals surface area contributed by atoms with Gasteiger partial charge < -0.3 is 50.5 Å². The molecule has 2 fully saturated rings. The quantitative estimate of drug-likeness (QED) is 0.0899. The first-order valence-corrected chi connectivity index (χ1v) is 23.1. The van der Waals surface area contributed by atoms with Crippen molar-refractivity contribution < 1.29 is 49.2 Å². The number of H-pyrrole nitrogens is 2. The number of ether oxygens (including phenoxy) is 1. The van der Waals surface area contributed by atoms with E-state index in [-0.39, 0.29) is 78.4 Å². The van der Waals surface area contributed by atoms with Crippen LogP contribution in [0, 0.1) is 11.8 Å². The van der Waals surface area contributed by atoms with Crippen molar-refractivity contribution in [3.63, 3.8) is 0 Å². The molecular formula is C48H58LiN12O10-. The Morgan fingerprint density at radius 1 is 0.662 bits per heavy atom. The molecule has 71 heavy (non-hydrogen) atoms. The second-order valence-corrected chi connectivity index (χ2v) is 18.1. The molecule has 0 spiro atoms. The van der Waals surface area contributed by atoms with Gasteiger partial charge in [0.05, 0.1) is 31.5 Å². The van der Waals surface area contributed by atoms with Gasteiger partial charge in [0.1, 0.15) is 0 Å². The fourth-order valence-corrected chi connectivity index (χ4v) is 9.88. The molecule has 2 aromatic carbocycles. The van der Waals surface area contributed by atoms with Crippen molar-refractivity contribution in [1.29, 1.82) is 0 Å². The van der Waals surface area contributed by atoms with Gasteiger partial charge in [-0.2, -0.15) is 9.97 Å². The first-order chi connectivity index (χ1) is 32.7. The minimum atomic E-state index is -0.783. The first kappa shape index (κ1) is 53.2. The van der Waals surface area contributed by atoms with Gasteiger partial charge in [0.15, 0.2) is 22.3 Å². The summed E-state index contributed by atoms with van der Waals surface area (Å²) in [6, 6.07) is 15.5. The molecular weight excluding hydrogens is 912 g/mol. The van der Waals surface area contributed by atoms with Crippen LogP contribution in [0.25, 0.3) is 44.1 Å². The Labute approximate surface area is 417 Å². The van der Waals surface area contributed by atoms with Gasteiger partial charge in [-0.15, -0.1) is 0 Å². The number of aliphatic carboxylic acids is 1. The van der Waals surface area contributed by atoms with Crippen LogP contribution in [0.2, 0.25) is 0 Å². The molecule has 0 aliphatic heterocycles. The number of carboxylic acids is 1. The second-order valence-electron chi connectivity index (χ2n) is 18.1. The zero-order valence-corrected chi connectivity index (χ0v) is 40.6. The van der Waals surface area contributed by atoms with Crippen molar-refractivity contribution in [2.24, 2.45) is 40.0 Å². The van der Waals surface area contributed by atoms with Crippen molar-refractivity contribution in [1.82, 2.24) is 47.3 Å². The van der Waals surface area contributed by atoms with Crippen LogP contribution in [-0.4, -0.2) is 94.0 Å². The van der Waals surface area contributed by atoms with Crippen LogP contribution in [0.15, 0.2) is 80.1 Å². The largest absolute Gasteiger partial charge is 1.00 e. The Morgan fingerprint density at radius 3 is 1.54 bits per heavy atom. The molecule has 2 saturated carbocycles. The van der Waals surface area contributed by atoms with Crippen molar-refractivity contribution in [2.45, 2.75) is 83.5 Å². The average Bonchev–Trinajstić information content (AvgIpc) is 4.14. The van der Waals surface area contributed by atoms with Gasteiger partial charge in [-0.1, -0.05) is 37.1 Å². The van der Waals surface area contributed by atoms with Crippen molar-refractivity contribution >= 4 is 68.0 Å². The maximum atomic E-state index is 13.5. The van der Waals surface area contributed by atoms with E-state index in [2.05, 4.69) is 30.6 Å². The van der Waals surface area contributed by atoms with E-state index in [1.165, 1.54) is 18.3 Å². The fourth-order valence-electron chi connectivity index (χ4n) is 9.88. The molecule has 23 heteroatoms. The molecule has 0 radical (unpaired) electrons. The Balaban J connectivity index is 0.000000223. The van der Waals surface area contributed by atoms with Gasteiger partial charge in [0, 0.05) is 63.7 Å². The number of benzene rings is 2. The molecule has 6 aromatic heterocycles. The van der Waals surface area contributed by atoms with Crippen LogP contribution in [0.1, 0.15) is 69.4 Å². The molecule has 8 aromatic rings. The number of anilines is 2. The minimum absolute atomic E-state index is 0. The number of hydrogen-bond acceptors (Lipinski definition) is 13. The molecule has 4 unspecified atom stereocenters. The van der Waals surface area contributed by atoms with Gasteiger partial charge in [0.2, 0.25) is 11.9 Å². The summed E-state index contributed by atoms with van der Waals surface area (Å²) in [4.78, 5) is 92.0. The third kappa shape index (κ3) is 10.4. The summed E-state index contributed by atoms with van der Waals surface area (Å²) >= 11 is 0. The van der Waals surface area contributed by atoms with Crippen LogP contribution in [0.5, 0.6) is 0 Å². The first-order valence-electron chi connectivity index (χ1n) is 23.1. The molecule has 0 bridgehead atoms. The zero-order valence-electron chi connectivity index (χ0n) is 40.6. The zero-order chi connectivity index (χ0) is 48.0. The molecule has 10 rings (SSSR count). The number of carbonyl (C=O) groups excluding carboxylic acids is 1. The second kappa shape index (κ2) is 21.9. The molecule has 4 atom stereocenters. The van der Waals surface area contributed by atoms with Crippen LogP contribution in [0.3, 0.4) is 0 Å². The number of nitrogens with one attached hydrogen (secondary N) is 4.